The monoisotopic (exact) mass is 449 g/mol. The molecule has 0 aliphatic heterocycles. The molecule has 0 bridgehead atoms. The van der Waals surface area contributed by atoms with Crippen LogP contribution in [0.3, 0.4) is 0 Å². The van der Waals surface area contributed by atoms with Crippen LogP contribution in [0.4, 0.5) is 5.69 Å². The topological polar surface area (TPSA) is 88.2 Å². The second kappa shape index (κ2) is 8.94. The molecule has 3 aromatic rings. The van der Waals surface area contributed by atoms with Crippen molar-refractivity contribution in [3.8, 4) is 10.6 Å². The SMILES string of the molecule is Cc1ccc(-c2nc(CCNC(=O)c3ccc(Cl)c(NS(C)(=O)=O)c3)cs2)cc1. The lowest BCUT2D eigenvalue weighted by Gasteiger charge is -2.09. The average molecular weight is 450 g/mol. The fraction of sp³-hybridized carbons (Fsp3) is 0.200. The van der Waals surface area contributed by atoms with Gasteiger partial charge in [0.1, 0.15) is 5.01 Å². The van der Waals surface area contributed by atoms with Crippen LogP contribution < -0.4 is 10.0 Å². The fourth-order valence-electron chi connectivity index (χ4n) is 2.60. The summed E-state index contributed by atoms with van der Waals surface area (Å²) in [6.45, 7) is 2.45. The van der Waals surface area contributed by atoms with Crippen molar-refractivity contribution in [2.75, 3.05) is 17.5 Å². The van der Waals surface area contributed by atoms with Crippen LogP contribution in [0.25, 0.3) is 10.6 Å². The third-order valence-corrected chi connectivity index (χ3v) is 5.90. The molecule has 0 atom stereocenters. The first-order chi connectivity index (χ1) is 13.7. The summed E-state index contributed by atoms with van der Waals surface area (Å²) in [7, 11) is -3.49. The van der Waals surface area contributed by atoms with Crippen molar-refractivity contribution < 1.29 is 13.2 Å². The summed E-state index contributed by atoms with van der Waals surface area (Å²) in [6, 6.07) is 12.6. The van der Waals surface area contributed by atoms with Crippen LogP contribution in [-0.2, 0) is 16.4 Å². The van der Waals surface area contributed by atoms with Gasteiger partial charge in [0.15, 0.2) is 0 Å². The predicted octanol–water partition coefficient (Wildman–Crippen LogP) is 4.12. The molecular formula is C20H20ClN3O3S2. The number of halogens is 1. The van der Waals surface area contributed by atoms with Crippen LogP contribution in [-0.4, -0.2) is 32.1 Å². The number of rotatable bonds is 7. The summed E-state index contributed by atoms with van der Waals surface area (Å²) in [4.78, 5) is 17.0. The van der Waals surface area contributed by atoms with E-state index in [-0.39, 0.29) is 16.6 Å². The number of nitrogens with zero attached hydrogens (tertiary/aromatic N) is 1. The molecule has 152 valence electrons. The molecule has 1 aromatic heterocycles. The van der Waals surface area contributed by atoms with Gasteiger partial charge in [-0.25, -0.2) is 13.4 Å². The molecule has 1 heterocycles. The van der Waals surface area contributed by atoms with Crippen molar-refractivity contribution >= 4 is 44.6 Å². The standard InChI is InChI=1S/C20H20ClN3O3S2/c1-13-3-5-14(6-4-13)20-23-16(12-28-20)9-10-22-19(25)15-7-8-17(21)18(11-15)24-29(2,26)27/h3-8,11-12,24H,9-10H2,1-2H3,(H,22,25). The summed E-state index contributed by atoms with van der Waals surface area (Å²) >= 11 is 7.56. The smallest absolute Gasteiger partial charge is 0.251 e. The van der Waals surface area contributed by atoms with Crippen LogP contribution in [0.1, 0.15) is 21.6 Å². The van der Waals surface area contributed by atoms with E-state index in [9.17, 15) is 13.2 Å². The first kappa shape index (κ1) is 21.3. The molecule has 0 aliphatic carbocycles. The summed E-state index contributed by atoms with van der Waals surface area (Å²) in [5.41, 5.74) is 3.66. The highest BCUT2D eigenvalue weighted by Crippen LogP contribution is 2.25. The van der Waals surface area contributed by atoms with E-state index in [0.717, 1.165) is 22.5 Å². The number of hydrogen-bond acceptors (Lipinski definition) is 5. The van der Waals surface area contributed by atoms with Gasteiger partial charge in [0.05, 0.1) is 22.7 Å². The van der Waals surface area contributed by atoms with E-state index in [2.05, 4.69) is 27.2 Å². The molecule has 0 radical (unpaired) electrons. The Hall–Kier alpha value is -2.42. The first-order valence-corrected chi connectivity index (χ1v) is 11.9. The highest BCUT2D eigenvalue weighted by Gasteiger charge is 2.12. The van der Waals surface area contributed by atoms with E-state index in [4.69, 9.17) is 11.6 Å². The lowest BCUT2D eigenvalue weighted by atomic mass is 10.2. The van der Waals surface area contributed by atoms with Gasteiger partial charge in [-0.1, -0.05) is 41.4 Å². The van der Waals surface area contributed by atoms with Gasteiger partial charge in [-0.15, -0.1) is 11.3 Å². The Balaban J connectivity index is 1.59. The number of carbonyl (C=O) groups excluding carboxylic acids is 1. The molecule has 2 N–H and O–H groups in total. The van der Waals surface area contributed by atoms with Crippen LogP contribution in [0.15, 0.2) is 47.8 Å². The maximum atomic E-state index is 12.4. The van der Waals surface area contributed by atoms with Gasteiger partial charge in [0.2, 0.25) is 10.0 Å². The van der Waals surface area contributed by atoms with E-state index in [0.29, 0.717) is 18.5 Å². The van der Waals surface area contributed by atoms with Crippen LogP contribution >= 0.6 is 22.9 Å². The van der Waals surface area contributed by atoms with Gasteiger partial charge in [-0.3, -0.25) is 9.52 Å². The number of thiazole rings is 1. The Morgan fingerprint density at radius 3 is 2.59 bits per heavy atom. The minimum absolute atomic E-state index is 0.170. The molecule has 6 nitrogen and oxygen atoms in total. The number of nitrogens with one attached hydrogen (secondary N) is 2. The predicted molar refractivity (Wildman–Crippen MR) is 118 cm³/mol. The highest BCUT2D eigenvalue weighted by atomic mass is 35.5. The third kappa shape index (κ3) is 6.03. The number of carbonyl (C=O) groups is 1. The van der Waals surface area contributed by atoms with Crippen molar-refractivity contribution in [1.82, 2.24) is 10.3 Å². The number of amides is 1. The number of aromatic nitrogens is 1. The number of sulfonamides is 1. The second-order valence-corrected chi connectivity index (χ2v) is 9.60. The molecule has 1 amide bonds. The molecule has 2 aromatic carbocycles. The zero-order chi connectivity index (χ0) is 21.0. The molecule has 0 spiro atoms. The van der Waals surface area contributed by atoms with E-state index in [1.807, 2.05) is 24.4 Å². The Labute approximate surface area is 179 Å². The molecule has 9 heteroatoms. The molecular weight excluding hydrogens is 430 g/mol. The van der Waals surface area contributed by atoms with E-state index >= 15 is 0 Å². The van der Waals surface area contributed by atoms with Gasteiger partial charge in [0, 0.05) is 29.5 Å². The largest absolute Gasteiger partial charge is 0.352 e. The molecule has 0 aliphatic rings. The van der Waals surface area contributed by atoms with E-state index in [1.165, 1.54) is 17.7 Å². The van der Waals surface area contributed by atoms with E-state index < -0.39 is 10.0 Å². The van der Waals surface area contributed by atoms with Crippen LogP contribution in [0.5, 0.6) is 0 Å². The second-order valence-electron chi connectivity index (χ2n) is 6.58. The van der Waals surface area contributed by atoms with Gasteiger partial charge < -0.3 is 5.32 Å². The zero-order valence-corrected chi connectivity index (χ0v) is 18.3. The van der Waals surface area contributed by atoms with Crippen molar-refractivity contribution in [1.29, 1.82) is 0 Å². The molecule has 0 fully saturated rings. The van der Waals surface area contributed by atoms with Gasteiger partial charge in [-0.05, 0) is 25.1 Å². The molecule has 29 heavy (non-hydrogen) atoms. The number of hydrogen-bond donors (Lipinski definition) is 2. The van der Waals surface area contributed by atoms with Crippen molar-refractivity contribution in [3.05, 3.63) is 69.7 Å². The molecule has 0 saturated heterocycles. The first-order valence-electron chi connectivity index (χ1n) is 8.78. The fourth-order valence-corrected chi connectivity index (χ4v) is 4.25. The highest BCUT2D eigenvalue weighted by molar-refractivity contribution is 7.92. The molecule has 0 saturated carbocycles. The Morgan fingerprint density at radius 2 is 1.90 bits per heavy atom. The summed E-state index contributed by atoms with van der Waals surface area (Å²) in [5, 5.41) is 5.97. The molecule has 0 unspecified atom stereocenters. The minimum Gasteiger partial charge on any atom is -0.352 e. The average Bonchev–Trinajstić information content (AvgIpc) is 3.12. The van der Waals surface area contributed by atoms with Crippen molar-refractivity contribution in [2.45, 2.75) is 13.3 Å². The summed E-state index contributed by atoms with van der Waals surface area (Å²) in [6.07, 6.45) is 1.62. The lowest BCUT2D eigenvalue weighted by Crippen LogP contribution is -2.26. The van der Waals surface area contributed by atoms with Gasteiger partial charge >= 0.3 is 0 Å². The lowest BCUT2D eigenvalue weighted by molar-refractivity contribution is 0.0954. The van der Waals surface area contributed by atoms with Crippen molar-refractivity contribution in [2.24, 2.45) is 0 Å². The zero-order valence-electron chi connectivity index (χ0n) is 15.9. The number of benzene rings is 2. The maximum Gasteiger partial charge on any atom is 0.251 e. The molecule has 3 rings (SSSR count). The Morgan fingerprint density at radius 1 is 1.17 bits per heavy atom. The van der Waals surface area contributed by atoms with Gasteiger partial charge in [-0.2, -0.15) is 0 Å². The maximum absolute atomic E-state index is 12.4. The van der Waals surface area contributed by atoms with Crippen LogP contribution in [0.2, 0.25) is 5.02 Å². The summed E-state index contributed by atoms with van der Waals surface area (Å²) < 4.78 is 25.1. The minimum atomic E-state index is -3.49. The normalized spacial score (nSPS) is 11.3. The van der Waals surface area contributed by atoms with Crippen molar-refractivity contribution in [3.63, 3.8) is 0 Å². The van der Waals surface area contributed by atoms with Crippen LogP contribution in [0, 0.1) is 6.92 Å². The Kier molecular flexibility index (Phi) is 6.56. The summed E-state index contributed by atoms with van der Waals surface area (Å²) in [5.74, 6) is -0.313. The number of aryl methyl sites for hydroxylation is 1. The third-order valence-electron chi connectivity index (χ3n) is 4.04. The van der Waals surface area contributed by atoms with Gasteiger partial charge in [0.25, 0.3) is 5.91 Å². The Bertz CT molecular complexity index is 1130. The van der Waals surface area contributed by atoms with E-state index in [1.54, 1.807) is 17.4 Å². The quantitative estimate of drug-likeness (QED) is 0.568. The number of anilines is 1.